The predicted molar refractivity (Wildman–Crippen MR) is 87.7 cm³/mol. The molecular formula is C17H18F3N3O3. The van der Waals surface area contributed by atoms with Gasteiger partial charge in [0.05, 0.1) is 17.8 Å². The summed E-state index contributed by atoms with van der Waals surface area (Å²) in [5.41, 5.74) is -3.23. The van der Waals surface area contributed by atoms with Gasteiger partial charge in [-0.1, -0.05) is 6.07 Å². The number of rotatable bonds is 5. The van der Waals surface area contributed by atoms with Crippen molar-refractivity contribution in [3.8, 4) is 0 Å². The second-order valence-corrected chi connectivity index (χ2v) is 6.38. The Kier molecular flexibility index (Phi) is 5.28. The third kappa shape index (κ3) is 3.37. The molecule has 1 aromatic rings. The Bertz CT molecular complexity index is 769. The number of carbonyl (C=O) groups excluding carboxylic acids is 2. The molecule has 140 valence electrons. The average molecular weight is 369 g/mol. The van der Waals surface area contributed by atoms with E-state index in [4.69, 9.17) is 11.7 Å². The molecule has 1 saturated heterocycles. The molecule has 0 aliphatic carbocycles. The van der Waals surface area contributed by atoms with Crippen LogP contribution in [0.5, 0.6) is 0 Å². The molecule has 3 amide bonds. The van der Waals surface area contributed by atoms with Crippen LogP contribution in [0.4, 0.5) is 29.3 Å². The van der Waals surface area contributed by atoms with Gasteiger partial charge < -0.3 is 10.0 Å². The summed E-state index contributed by atoms with van der Waals surface area (Å²) in [5.74, 6) is -0.643. The van der Waals surface area contributed by atoms with Gasteiger partial charge in [0.25, 0.3) is 5.91 Å². The van der Waals surface area contributed by atoms with Gasteiger partial charge in [-0.3, -0.25) is 4.79 Å². The quantitative estimate of drug-likeness (QED) is 0.490. The molecule has 1 aromatic carbocycles. The summed E-state index contributed by atoms with van der Waals surface area (Å²) >= 11 is 0. The van der Waals surface area contributed by atoms with Gasteiger partial charge in [-0.05, 0) is 38.8 Å². The van der Waals surface area contributed by atoms with Gasteiger partial charge in [-0.15, -0.1) is 0 Å². The number of aliphatic hydroxyl groups is 1. The number of imide groups is 1. The lowest BCUT2D eigenvalue weighted by Crippen LogP contribution is -2.44. The average Bonchev–Trinajstić information content (AvgIpc) is 2.73. The Hall–Kier alpha value is -2.60. The maximum absolute atomic E-state index is 13.2. The number of nitrogens with zero attached hydrogens (tertiary/aromatic N) is 3. The summed E-state index contributed by atoms with van der Waals surface area (Å²) in [6, 6.07) is 2.04. The molecule has 0 bridgehead atoms. The number of carbonyl (C=O) groups is 2. The van der Waals surface area contributed by atoms with E-state index in [2.05, 4.69) is 4.85 Å². The minimum Gasteiger partial charge on any atom is -0.396 e. The fourth-order valence-corrected chi connectivity index (χ4v) is 2.81. The summed E-state index contributed by atoms with van der Waals surface area (Å²) in [6.45, 7) is 10.0. The van der Waals surface area contributed by atoms with Crippen LogP contribution in [0.15, 0.2) is 18.2 Å². The smallest absolute Gasteiger partial charge is 0.396 e. The minimum atomic E-state index is -4.78. The van der Waals surface area contributed by atoms with Crippen LogP contribution in [0, 0.1) is 6.57 Å². The van der Waals surface area contributed by atoms with Gasteiger partial charge in [-0.25, -0.2) is 14.5 Å². The van der Waals surface area contributed by atoms with Crippen LogP contribution in [0.2, 0.25) is 0 Å². The number of halogens is 3. The van der Waals surface area contributed by atoms with E-state index in [1.807, 2.05) is 0 Å². The third-order valence-electron chi connectivity index (χ3n) is 4.28. The van der Waals surface area contributed by atoms with Crippen molar-refractivity contribution in [3.05, 3.63) is 35.2 Å². The van der Waals surface area contributed by atoms with Gasteiger partial charge in [0.2, 0.25) is 0 Å². The van der Waals surface area contributed by atoms with Crippen LogP contribution in [0.1, 0.15) is 32.3 Å². The highest BCUT2D eigenvalue weighted by molar-refractivity contribution is 6.23. The first kappa shape index (κ1) is 19.7. The van der Waals surface area contributed by atoms with E-state index >= 15 is 0 Å². The normalized spacial score (nSPS) is 17.0. The van der Waals surface area contributed by atoms with Crippen LogP contribution in [-0.2, 0) is 11.0 Å². The van der Waals surface area contributed by atoms with E-state index in [0.29, 0.717) is 23.8 Å². The van der Waals surface area contributed by atoms with E-state index in [1.165, 1.54) is 18.7 Å². The van der Waals surface area contributed by atoms with Crippen molar-refractivity contribution in [2.75, 3.05) is 18.1 Å². The fraction of sp³-hybridized carbons (Fsp3) is 0.471. The molecule has 1 aliphatic rings. The maximum Gasteiger partial charge on any atom is 0.407 e. The Morgan fingerprint density at radius 3 is 2.42 bits per heavy atom. The van der Waals surface area contributed by atoms with Crippen LogP contribution in [0.3, 0.4) is 0 Å². The molecule has 0 aromatic heterocycles. The topological polar surface area (TPSA) is 65.2 Å². The van der Waals surface area contributed by atoms with Gasteiger partial charge >= 0.3 is 12.2 Å². The highest BCUT2D eigenvalue weighted by atomic mass is 19.4. The molecule has 26 heavy (non-hydrogen) atoms. The lowest BCUT2D eigenvalue weighted by molar-refractivity contribution is -0.136. The van der Waals surface area contributed by atoms with Crippen LogP contribution in [-0.4, -0.2) is 40.6 Å². The van der Waals surface area contributed by atoms with Crippen LogP contribution in [0.25, 0.3) is 4.85 Å². The standard InChI is InChI=1S/C17H18F3N3O3/c1-16(2)14(25)23(15(26)22(16)8-4-5-9-24)11-6-7-13(21-3)12(10-11)17(18,19)20/h6-7,10,24H,4-5,8-9H2,1-2H3. The SMILES string of the molecule is [C-]#[N+]c1ccc(N2C(=O)N(CCCCO)C(C)(C)C2=O)cc1C(F)(F)F. The first-order valence-corrected chi connectivity index (χ1v) is 7.91. The van der Waals surface area contributed by atoms with E-state index in [-0.39, 0.29) is 18.8 Å². The van der Waals surface area contributed by atoms with Crippen molar-refractivity contribution in [1.82, 2.24) is 4.90 Å². The Morgan fingerprint density at radius 2 is 1.88 bits per heavy atom. The molecule has 2 rings (SSSR count). The zero-order valence-corrected chi connectivity index (χ0v) is 14.3. The minimum absolute atomic E-state index is 0.0624. The molecule has 0 spiro atoms. The Labute approximate surface area is 148 Å². The van der Waals surface area contributed by atoms with Crippen molar-refractivity contribution in [2.45, 2.75) is 38.4 Å². The summed E-state index contributed by atoms with van der Waals surface area (Å²) < 4.78 is 39.5. The van der Waals surface area contributed by atoms with Crippen molar-refractivity contribution >= 4 is 23.3 Å². The first-order valence-electron chi connectivity index (χ1n) is 7.91. The second kappa shape index (κ2) is 6.96. The van der Waals surface area contributed by atoms with E-state index in [1.54, 1.807) is 0 Å². The number of anilines is 1. The van der Waals surface area contributed by atoms with Crippen molar-refractivity contribution in [3.63, 3.8) is 0 Å². The van der Waals surface area contributed by atoms with Gasteiger partial charge in [0, 0.05) is 13.2 Å². The lowest BCUT2D eigenvalue weighted by atomic mass is 10.0. The highest BCUT2D eigenvalue weighted by Gasteiger charge is 2.51. The summed E-state index contributed by atoms with van der Waals surface area (Å²) in [5, 5.41) is 8.86. The number of benzene rings is 1. The van der Waals surface area contributed by atoms with Crippen molar-refractivity contribution < 1.29 is 27.9 Å². The summed E-state index contributed by atoms with van der Waals surface area (Å²) in [7, 11) is 0. The number of unbranched alkanes of at least 4 members (excludes halogenated alkanes) is 1. The van der Waals surface area contributed by atoms with Crippen molar-refractivity contribution in [2.24, 2.45) is 0 Å². The third-order valence-corrected chi connectivity index (χ3v) is 4.28. The fourth-order valence-electron chi connectivity index (χ4n) is 2.81. The summed E-state index contributed by atoms with van der Waals surface area (Å²) in [4.78, 5) is 30.2. The zero-order chi connectivity index (χ0) is 19.7. The molecule has 1 fully saturated rings. The lowest BCUT2D eigenvalue weighted by Gasteiger charge is -2.27. The molecule has 9 heteroatoms. The first-order chi connectivity index (χ1) is 12.1. The number of urea groups is 1. The number of alkyl halides is 3. The number of hydrogen-bond donors (Lipinski definition) is 1. The maximum atomic E-state index is 13.2. The molecule has 6 nitrogen and oxygen atoms in total. The molecule has 0 saturated carbocycles. The van der Waals surface area contributed by atoms with Crippen LogP contribution >= 0.6 is 0 Å². The number of aliphatic hydroxyl groups excluding tert-OH is 1. The number of hydrogen-bond acceptors (Lipinski definition) is 3. The Morgan fingerprint density at radius 1 is 1.23 bits per heavy atom. The highest BCUT2D eigenvalue weighted by Crippen LogP contribution is 2.40. The molecule has 1 aliphatic heterocycles. The number of amides is 3. The zero-order valence-electron chi connectivity index (χ0n) is 14.3. The van der Waals surface area contributed by atoms with Crippen molar-refractivity contribution in [1.29, 1.82) is 0 Å². The van der Waals surface area contributed by atoms with Gasteiger partial charge in [-0.2, -0.15) is 13.2 Å². The van der Waals surface area contributed by atoms with Crippen LogP contribution < -0.4 is 4.90 Å². The van der Waals surface area contributed by atoms with E-state index < -0.39 is 34.9 Å². The molecule has 1 N–H and O–H groups in total. The van der Waals surface area contributed by atoms with E-state index in [9.17, 15) is 22.8 Å². The molecule has 0 unspecified atom stereocenters. The monoisotopic (exact) mass is 369 g/mol. The largest absolute Gasteiger partial charge is 0.407 e. The molecule has 0 atom stereocenters. The molecule has 1 heterocycles. The van der Waals surface area contributed by atoms with Gasteiger partial charge in [0.1, 0.15) is 5.54 Å². The predicted octanol–water partition coefficient (Wildman–Crippen LogP) is 3.58. The Balaban J connectivity index is 2.44. The summed E-state index contributed by atoms with van der Waals surface area (Å²) in [6.07, 6.45) is -3.89. The molecular weight excluding hydrogens is 351 g/mol. The molecule has 0 radical (unpaired) electrons. The van der Waals surface area contributed by atoms with Gasteiger partial charge in [0.15, 0.2) is 5.69 Å². The van der Waals surface area contributed by atoms with E-state index in [0.717, 1.165) is 12.1 Å². The second-order valence-electron chi connectivity index (χ2n) is 6.38.